The number of nitrogens with zero attached hydrogens (tertiary/aromatic N) is 2. The zero-order chi connectivity index (χ0) is 8.27. The summed E-state index contributed by atoms with van der Waals surface area (Å²) in [7, 11) is 0. The fraction of sp³-hybridized carbons (Fsp3) is 0.167. The number of aromatic amines is 1. The minimum Gasteiger partial charge on any atom is -0.279 e. The van der Waals surface area contributed by atoms with E-state index in [-0.39, 0.29) is 5.56 Å². The first-order valence-corrected chi connectivity index (χ1v) is 3.42. The zero-order valence-corrected chi connectivity index (χ0v) is 6.60. The van der Waals surface area contributed by atoms with E-state index in [0.717, 1.165) is 0 Å². The first-order valence-electron chi connectivity index (χ1n) is 3.01. The van der Waals surface area contributed by atoms with Crippen LogP contribution in [0.25, 0.3) is 0 Å². The molecule has 0 unspecified atom stereocenters. The monoisotopic (exact) mass is 169 g/mol. The van der Waals surface area contributed by atoms with Crippen molar-refractivity contribution in [2.75, 3.05) is 0 Å². The summed E-state index contributed by atoms with van der Waals surface area (Å²) in [6, 6.07) is 0. The molecule has 5 heteroatoms. The second-order valence-electron chi connectivity index (χ2n) is 1.91. The number of hydrogen-bond donors (Lipinski definition) is 1. The van der Waals surface area contributed by atoms with Crippen LogP contribution in [0.2, 0.25) is 0 Å². The molecule has 0 spiro atoms. The molecule has 0 aromatic carbocycles. The molecule has 0 radical (unpaired) electrons. The Bertz CT molecular complexity index is 336. The molecule has 11 heavy (non-hydrogen) atoms. The highest BCUT2D eigenvalue weighted by Crippen LogP contribution is 1.80. The Kier molecular flexibility index (Phi) is 2.32. The van der Waals surface area contributed by atoms with Crippen LogP contribution in [0.1, 0.15) is 0 Å². The van der Waals surface area contributed by atoms with Crippen molar-refractivity contribution in [2.45, 2.75) is 6.54 Å². The predicted octanol–water partition coefficient (Wildman–Crippen LogP) is 0.487. The molecular formula is C6H7N3OS. The molecule has 0 saturated carbocycles. The third-order valence-corrected chi connectivity index (χ3v) is 1.47. The molecule has 0 aliphatic rings. The summed E-state index contributed by atoms with van der Waals surface area (Å²) in [6.07, 6.45) is 2.78. The van der Waals surface area contributed by atoms with Gasteiger partial charge in [-0.15, -0.1) is 6.58 Å². The first kappa shape index (κ1) is 7.87. The van der Waals surface area contributed by atoms with E-state index in [1.165, 1.54) is 10.8 Å². The molecular weight excluding hydrogens is 162 g/mol. The van der Waals surface area contributed by atoms with Gasteiger partial charge in [-0.25, -0.2) is 0 Å². The second kappa shape index (κ2) is 3.25. The normalized spacial score (nSPS) is 9.45. The Balaban J connectivity index is 3.32. The summed E-state index contributed by atoms with van der Waals surface area (Å²) in [6.45, 7) is 3.91. The van der Waals surface area contributed by atoms with Crippen molar-refractivity contribution in [1.29, 1.82) is 0 Å². The summed E-state index contributed by atoms with van der Waals surface area (Å²) in [5.74, 6) is 0. The maximum absolute atomic E-state index is 11.0. The number of allylic oxidation sites excluding steroid dienone is 1. The van der Waals surface area contributed by atoms with Gasteiger partial charge in [0.1, 0.15) is 6.20 Å². The van der Waals surface area contributed by atoms with Gasteiger partial charge in [0.15, 0.2) is 4.77 Å². The summed E-state index contributed by atoms with van der Waals surface area (Å²) in [5, 5.41) is 6.04. The highest BCUT2D eigenvalue weighted by molar-refractivity contribution is 7.71. The van der Waals surface area contributed by atoms with Gasteiger partial charge in [0.05, 0.1) is 0 Å². The van der Waals surface area contributed by atoms with E-state index in [4.69, 9.17) is 12.2 Å². The molecule has 1 aromatic heterocycles. The maximum atomic E-state index is 11.0. The highest BCUT2D eigenvalue weighted by atomic mass is 32.1. The topological polar surface area (TPSA) is 50.7 Å². The maximum Gasteiger partial charge on any atom is 0.273 e. The van der Waals surface area contributed by atoms with Crippen molar-refractivity contribution in [3.63, 3.8) is 0 Å². The van der Waals surface area contributed by atoms with E-state index in [9.17, 15) is 4.79 Å². The van der Waals surface area contributed by atoms with E-state index >= 15 is 0 Å². The first-order chi connectivity index (χ1) is 5.25. The molecule has 0 aliphatic heterocycles. The Hall–Kier alpha value is -1.23. The summed E-state index contributed by atoms with van der Waals surface area (Å²) >= 11 is 4.80. The molecule has 0 bridgehead atoms. The Morgan fingerprint density at radius 3 is 3.18 bits per heavy atom. The fourth-order valence-corrected chi connectivity index (χ4v) is 0.892. The number of H-pyrrole nitrogens is 1. The SMILES string of the molecule is C=CCn1c(=O)cn[nH]c1=S. The number of rotatable bonds is 2. The van der Waals surface area contributed by atoms with Crippen LogP contribution in [0.4, 0.5) is 0 Å². The molecule has 0 amide bonds. The van der Waals surface area contributed by atoms with Gasteiger partial charge >= 0.3 is 0 Å². The van der Waals surface area contributed by atoms with Crippen LogP contribution in [-0.4, -0.2) is 14.8 Å². The van der Waals surface area contributed by atoms with Crippen molar-refractivity contribution >= 4 is 12.2 Å². The highest BCUT2D eigenvalue weighted by Gasteiger charge is 1.92. The van der Waals surface area contributed by atoms with Gasteiger partial charge in [-0.2, -0.15) is 5.10 Å². The molecule has 0 atom stereocenters. The third kappa shape index (κ3) is 1.62. The van der Waals surface area contributed by atoms with Crippen LogP contribution in [0.5, 0.6) is 0 Å². The van der Waals surface area contributed by atoms with Gasteiger partial charge in [-0.05, 0) is 12.2 Å². The van der Waals surface area contributed by atoms with E-state index < -0.39 is 0 Å². The van der Waals surface area contributed by atoms with Crippen LogP contribution in [0.3, 0.4) is 0 Å². The van der Waals surface area contributed by atoms with Crippen LogP contribution in [-0.2, 0) is 6.54 Å². The fourth-order valence-electron chi connectivity index (χ4n) is 0.675. The molecule has 1 aromatic rings. The molecule has 4 nitrogen and oxygen atoms in total. The van der Waals surface area contributed by atoms with Crippen LogP contribution in [0, 0.1) is 4.77 Å². The van der Waals surface area contributed by atoms with E-state index in [1.54, 1.807) is 6.08 Å². The van der Waals surface area contributed by atoms with Crippen LogP contribution in [0.15, 0.2) is 23.6 Å². The lowest BCUT2D eigenvalue weighted by Gasteiger charge is -1.97. The van der Waals surface area contributed by atoms with E-state index in [1.807, 2.05) is 0 Å². The molecule has 0 aliphatic carbocycles. The van der Waals surface area contributed by atoms with Crippen molar-refractivity contribution in [1.82, 2.24) is 14.8 Å². The molecule has 58 valence electrons. The smallest absolute Gasteiger partial charge is 0.273 e. The van der Waals surface area contributed by atoms with Crippen LogP contribution >= 0.6 is 12.2 Å². The molecule has 1 N–H and O–H groups in total. The van der Waals surface area contributed by atoms with Crippen molar-refractivity contribution in [3.05, 3.63) is 34.0 Å². The molecule has 1 heterocycles. The largest absolute Gasteiger partial charge is 0.279 e. The van der Waals surface area contributed by atoms with Crippen molar-refractivity contribution < 1.29 is 0 Å². The number of aromatic nitrogens is 3. The van der Waals surface area contributed by atoms with Gasteiger partial charge in [-0.1, -0.05) is 6.08 Å². The number of nitrogens with one attached hydrogen (secondary N) is 1. The summed E-state index contributed by atoms with van der Waals surface area (Å²) in [4.78, 5) is 11.0. The predicted molar refractivity (Wildman–Crippen MR) is 43.9 cm³/mol. The lowest BCUT2D eigenvalue weighted by atomic mass is 10.6. The van der Waals surface area contributed by atoms with Gasteiger partial charge in [0.2, 0.25) is 0 Å². The third-order valence-electron chi connectivity index (χ3n) is 1.16. The van der Waals surface area contributed by atoms with E-state index in [0.29, 0.717) is 11.3 Å². The van der Waals surface area contributed by atoms with Crippen molar-refractivity contribution in [3.8, 4) is 0 Å². The average Bonchev–Trinajstić information content (AvgIpc) is 1.97. The quantitative estimate of drug-likeness (QED) is 0.517. The Morgan fingerprint density at radius 2 is 2.64 bits per heavy atom. The van der Waals surface area contributed by atoms with Gasteiger partial charge in [-0.3, -0.25) is 14.5 Å². The lowest BCUT2D eigenvalue weighted by molar-refractivity contribution is 0.704. The van der Waals surface area contributed by atoms with Gasteiger partial charge in [0.25, 0.3) is 5.56 Å². The average molecular weight is 169 g/mol. The minimum absolute atomic E-state index is 0.214. The number of hydrogen-bond acceptors (Lipinski definition) is 3. The molecule has 0 fully saturated rings. The van der Waals surface area contributed by atoms with E-state index in [2.05, 4.69) is 16.8 Å². The second-order valence-corrected chi connectivity index (χ2v) is 2.30. The zero-order valence-electron chi connectivity index (χ0n) is 5.78. The van der Waals surface area contributed by atoms with Gasteiger partial charge < -0.3 is 0 Å². The lowest BCUT2D eigenvalue weighted by Crippen LogP contribution is -2.20. The molecule has 0 saturated heterocycles. The minimum atomic E-state index is -0.214. The summed E-state index contributed by atoms with van der Waals surface area (Å²) < 4.78 is 1.69. The Morgan fingerprint density at radius 1 is 1.91 bits per heavy atom. The van der Waals surface area contributed by atoms with Gasteiger partial charge in [0, 0.05) is 6.54 Å². The molecule has 1 rings (SSSR count). The summed E-state index contributed by atoms with van der Waals surface area (Å²) in [5.41, 5.74) is -0.214. The van der Waals surface area contributed by atoms with Crippen molar-refractivity contribution in [2.24, 2.45) is 0 Å². The Labute approximate surface area is 68.2 Å². The standard InChI is InChI=1S/C6H7N3OS/c1-2-3-9-5(10)4-7-8-6(9)11/h2,4H,1,3H2,(H,8,11). The van der Waals surface area contributed by atoms with Crippen LogP contribution < -0.4 is 5.56 Å².